The zero-order valence-electron chi connectivity index (χ0n) is 9.71. The second-order valence-electron chi connectivity index (χ2n) is 3.41. The molecule has 0 aliphatic heterocycles. The molecule has 4 heteroatoms. The molecule has 2 N–H and O–H groups in total. The Labute approximate surface area is 97.1 Å². The largest absolute Gasteiger partial charge is 0.351 e. The van der Waals surface area contributed by atoms with E-state index in [0.717, 1.165) is 13.0 Å². The number of carbonyl (C=O) groups excluding carboxylic acids is 1. The molecule has 3 nitrogen and oxygen atoms in total. The minimum absolute atomic E-state index is 0.0415. The molecule has 0 saturated heterocycles. The summed E-state index contributed by atoms with van der Waals surface area (Å²) in [5.74, 6) is 1.23. The van der Waals surface area contributed by atoms with Gasteiger partial charge in [-0.15, -0.1) is 6.58 Å². The summed E-state index contributed by atoms with van der Waals surface area (Å²) in [5, 5.41) is 5.96. The predicted octanol–water partition coefficient (Wildman–Crippen LogP) is 1.41. The second-order valence-corrected chi connectivity index (χ2v) is 4.40. The van der Waals surface area contributed by atoms with Crippen LogP contribution in [0.1, 0.15) is 19.8 Å². The molecular weight excluding hydrogens is 208 g/mol. The lowest BCUT2D eigenvalue weighted by atomic mass is 10.2. The highest BCUT2D eigenvalue weighted by molar-refractivity contribution is 7.98. The third kappa shape index (κ3) is 8.51. The van der Waals surface area contributed by atoms with Crippen molar-refractivity contribution in [3.63, 3.8) is 0 Å². The van der Waals surface area contributed by atoms with Crippen LogP contribution in [-0.4, -0.2) is 37.0 Å². The molecule has 1 amide bonds. The lowest BCUT2D eigenvalue weighted by molar-refractivity contribution is -0.122. The van der Waals surface area contributed by atoms with Crippen LogP contribution in [0, 0.1) is 0 Å². The Kier molecular flexibility index (Phi) is 9.73. The first-order valence-corrected chi connectivity index (χ1v) is 6.72. The van der Waals surface area contributed by atoms with Gasteiger partial charge in [-0.2, -0.15) is 11.8 Å². The summed E-state index contributed by atoms with van der Waals surface area (Å²) in [5.41, 5.74) is 0. The van der Waals surface area contributed by atoms with Crippen LogP contribution in [0.15, 0.2) is 12.7 Å². The van der Waals surface area contributed by atoms with Crippen LogP contribution in [0.3, 0.4) is 0 Å². The number of unbranched alkanes of at least 4 members (excludes halogenated alkanes) is 1. The summed E-state index contributed by atoms with van der Waals surface area (Å²) < 4.78 is 0. The molecule has 0 radical (unpaired) electrons. The molecule has 0 saturated carbocycles. The normalized spacial score (nSPS) is 12.1. The number of thioether (sulfide) groups is 1. The summed E-state index contributed by atoms with van der Waals surface area (Å²) in [7, 11) is 0. The van der Waals surface area contributed by atoms with Crippen molar-refractivity contribution in [2.24, 2.45) is 0 Å². The van der Waals surface area contributed by atoms with Crippen molar-refractivity contribution in [3.05, 3.63) is 12.7 Å². The summed E-state index contributed by atoms with van der Waals surface area (Å²) >= 11 is 1.86. The number of amides is 1. The van der Waals surface area contributed by atoms with Crippen molar-refractivity contribution >= 4 is 17.7 Å². The van der Waals surface area contributed by atoms with E-state index in [4.69, 9.17) is 0 Å². The Morgan fingerprint density at radius 3 is 2.87 bits per heavy atom. The first kappa shape index (κ1) is 14.5. The van der Waals surface area contributed by atoms with Gasteiger partial charge < -0.3 is 10.6 Å². The van der Waals surface area contributed by atoms with Crippen LogP contribution >= 0.6 is 11.8 Å². The third-order valence-corrected chi connectivity index (χ3v) is 2.74. The summed E-state index contributed by atoms with van der Waals surface area (Å²) in [4.78, 5) is 11.4. The van der Waals surface area contributed by atoms with Gasteiger partial charge in [-0.3, -0.25) is 4.79 Å². The van der Waals surface area contributed by atoms with Crippen LogP contribution in [0.2, 0.25) is 0 Å². The van der Waals surface area contributed by atoms with Crippen molar-refractivity contribution in [2.45, 2.75) is 25.8 Å². The zero-order chi connectivity index (χ0) is 11.5. The monoisotopic (exact) mass is 230 g/mol. The molecule has 0 fully saturated rings. The lowest BCUT2D eigenvalue weighted by Gasteiger charge is -2.12. The summed E-state index contributed by atoms with van der Waals surface area (Å²) in [6.45, 7) is 6.88. The van der Waals surface area contributed by atoms with Crippen LogP contribution < -0.4 is 10.6 Å². The van der Waals surface area contributed by atoms with E-state index in [9.17, 15) is 4.79 Å². The minimum atomic E-state index is -0.112. The van der Waals surface area contributed by atoms with Crippen molar-refractivity contribution in [3.8, 4) is 0 Å². The van der Waals surface area contributed by atoms with Gasteiger partial charge in [0, 0.05) is 6.54 Å². The standard InChI is InChI=1S/C11H22N2OS/c1-4-7-13-11(14)10(2)12-8-5-6-9-15-3/h4,10,12H,1,5-9H2,2-3H3,(H,13,14). The molecule has 0 aromatic carbocycles. The summed E-state index contributed by atoms with van der Waals surface area (Å²) in [6, 6.07) is -0.112. The predicted molar refractivity (Wildman–Crippen MR) is 68.3 cm³/mol. The van der Waals surface area contributed by atoms with Gasteiger partial charge in [0.2, 0.25) is 5.91 Å². The minimum Gasteiger partial charge on any atom is -0.351 e. The fourth-order valence-corrected chi connectivity index (χ4v) is 1.60. The molecule has 0 aliphatic rings. The van der Waals surface area contributed by atoms with Crippen molar-refractivity contribution in [1.29, 1.82) is 0 Å². The van der Waals surface area contributed by atoms with Crippen molar-refractivity contribution < 1.29 is 4.79 Å². The number of carbonyl (C=O) groups is 1. The van der Waals surface area contributed by atoms with E-state index in [1.165, 1.54) is 12.2 Å². The molecule has 15 heavy (non-hydrogen) atoms. The zero-order valence-corrected chi connectivity index (χ0v) is 10.5. The average Bonchev–Trinajstić information content (AvgIpc) is 2.25. The Morgan fingerprint density at radius 1 is 1.53 bits per heavy atom. The molecule has 0 rings (SSSR count). The smallest absolute Gasteiger partial charge is 0.237 e. The first-order valence-electron chi connectivity index (χ1n) is 5.33. The number of nitrogens with one attached hydrogen (secondary N) is 2. The highest BCUT2D eigenvalue weighted by Crippen LogP contribution is 1.98. The molecule has 0 aromatic heterocycles. The van der Waals surface area contributed by atoms with Gasteiger partial charge in [-0.25, -0.2) is 0 Å². The van der Waals surface area contributed by atoms with Gasteiger partial charge in [-0.1, -0.05) is 6.08 Å². The molecule has 1 unspecified atom stereocenters. The maximum absolute atomic E-state index is 11.4. The van der Waals surface area contributed by atoms with Gasteiger partial charge >= 0.3 is 0 Å². The quantitative estimate of drug-likeness (QED) is 0.465. The molecule has 88 valence electrons. The topological polar surface area (TPSA) is 41.1 Å². The number of rotatable bonds is 9. The number of hydrogen-bond acceptors (Lipinski definition) is 3. The van der Waals surface area contributed by atoms with Gasteiger partial charge in [0.15, 0.2) is 0 Å². The van der Waals surface area contributed by atoms with Crippen molar-refractivity contribution in [1.82, 2.24) is 10.6 Å². The Bertz CT molecular complexity index is 185. The average molecular weight is 230 g/mol. The molecular formula is C11H22N2OS. The number of hydrogen-bond donors (Lipinski definition) is 2. The van der Waals surface area contributed by atoms with Gasteiger partial charge in [0.25, 0.3) is 0 Å². The molecule has 0 aromatic rings. The Morgan fingerprint density at radius 2 is 2.27 bits per heavy atom. The van der Waals surface area contributed by atoms with Gasteiger partial charge in [-0.05, 0) is 38.3 Å². The van der Waals surface area contributed by atoms with Crippen LogP contribution in [0.25, 0.3) is 0 Å². The van der Waals surface area contributed by atoms with E-state index in [1.807, 2.05) is 18.7 Å². The van der Waals surface area contributed by atoms with Crippen LogP contribution in [0.5, 0.6) is 0 Å². The van der Waals surface area contributed by atoms with E-state index in [2.05, 4.69) is 23.5 Å². The van der Waals surface area contributed by atoms with Crippen LogP contribution in [-0.2, 0) is 4.79 Å². The van der Waals surface area contributed by atoms with E-state index in [0.29, 0.717) is 6.54 Å². The lowest BCUT2D eigenvalue weighted by Crippen LogP contribution is -2.42. The van der Waals surface area contributed by atoms with E-state index >= 15 is 0 Å². The SMILES string of the molecule is C=CCNC(=O)C(C)NCCCCSC. The van der Waals surface area contributed by atoms with Crippen LogP contribution in [0.4, 0.5) is 0 Å². The Hall–Kier alpha value is -0.480. The van der Waals surface area contributed by atoms with Gasteiger partial charge in [0.05, 0.1) is 6.04 Å². The summed E-state index contributed by atoms with van der Waals surface area (Å²) in [6.07, 6.45) is 6.12. The van der Waals surface area contributed by atoms with Crippen molar-refractivity contribution in [2.75, 3.05) is 25.1 Å². The molecule has 0 spiro atoms. The highest BCUT2D eigenvalue weighted by Gasteiger charge is 2.09. The second kappa shape index (κ2) is 10.1. The van der Waals surface area contributed by atoms with Gasteiger partial charge in [0.1, 0.15) is 0 Å². The fourth-order valence-electron chi connectivity index (χ4n) is 1.11. The molecule has 1 atom stereocenters. The molecule has 0 heterocycles. The first-order chi connectivity index (χ1) is 7.22. The maximum Gasteiger partial charge on any atom is 0.237 e. The molecule has 0 aliphatic carbocycles. The fraction of sp³-hybridized carbons (Fsp3) is 0.727. The highest BCUT2D eigenvalue weighted by atomic mass is 32.2. The molecule has 0 bridgehead atoms. The van der Waals surface area contributed by atoms with E-state index < -0.39 is 0 Å². The van der Waals surface area contributed by atoms with E-state index in [1.54, 1.807) is 6.08 Å². The Balaban J connectivity index is 3.42. The van der Waals surface area contributed by atoms with E-state index in [-0.39, 0.29) is 11.9 Å². The maximum atomic E-state index is 11.4. The third-order valence-electron chi connectivity index (χ3n) is 2.04.